The quantitative estimate of drug-likeness (QED) is 0.666. The number of carbonyl (C=O) groups is 2. The maximum Gasteiger partial charge on any atom is 0.408 e. The van der Waals surface area contributed by atoms with Gasteiger partial charge in [0.15, 0.2) is 5.69 Å². The number of hydrogen-bond donors (Lipinski definition) is 2. The second-order valence-corrected chi connectivity index (χ2v) is 9.41. The molecule has 7 nitrogen and oxygen atoms in total. The molecule has 0 spiro atoms. The van der Waals surface area contributed by atoms with Gasteiger partial charge in [-0.15, -0.1) is 0 Å². The lowest BCUT2D eigenvalue weighted by molar-refractivity contribution is 0.0472. The van der Waals surface area contributed by atoms with Crippen molar-refractivity contribution in [2.45, 2.75) is 45.3 Å². The maximum atomic E-state index is 13.9. The summed E-state index contributed by atoms with van der Waals surface area (Å²) in [6, 6.07) is 2.87. The van der Waals surface area contributed by atoms with Crippen LogP contribution in [0.1, 0.15) is 44.6 Å². The number of alkyl carbamates (subject to hydrolysis) is 1. The van der Waals surface area contributed by atoms with Gasteiger partial charge in [0.05, 0.1) is 16.2 Å². The van der Waals surface area contributed by atoms with E-state index in [2.05, 4.69) is 10.3 Å². The molecule has 0 aliphatic carbocycles. The topological polar surface area (TPSA) is 91.8 Å². The number of anilines is 1. The number of hydrogen-bond acceptors (Lipinski definition) is 5. The Kier molecular flexibility index (Phi) is 6.33. The summed E-state index contributed by atoms with van der Waals surface area (Å²) in [5.74, 6) is -2.97. The number of carbonyl (C=O) groups excluding carboxylic acids is 1. The zero-order valence-electron chi connectivity index (χ0n) is 18.1. The number of ether oxygens (including phenoxy) is 1. The van der Waals surface area contributed by atoms with Crippen LogP contribution in [-0.2, 0) is 4.74 Å². The Balaban J connectivity index is 2.03. The third-order valence-electron chi connectivity index (χ3n) is 4.95. The number of amides is 1. The van der Waals surface area contributed by atoms with E-state index in [9.17, 15) is 23.5 Å². The average molecular weight is 468 g/mol. The van der Waals surface area contributed by atoms with Crippen molar-refractivity contribution in [2.75, 3.05) is 18.0 Å². The molecule has 0 saturated carbocycles. The number of halogens is 3. The van der Waals surface area contributed by atoms with Crippen molar-refractivity contribution in [2.24, 2.45) is 0 Å². The van der Waals surface area contributed by atoms with Gasteiger partial charge in [-0.1, -0.05) is 11.6 Å². The van der Waals surface area contributed by atoms with Gasteiger partial charge in [-0.3, -0.25) is 0 Å². The van der Waals surface area contributed by atoms with E-state index in [0.717, 1.165) is 18.3 Å². The van der Waals surface area contributed by atoms with Crippen LogP contribution in [-0.4, -0.2) is 46.4 Å². The molecule has 1 fully saturated rings. The molecule has 1 aliphatic rings. The van der Waals surface area contributed by atoms with Crippen molar-refractivity contribution in [1.82, 2.24) is 10.3 Å². The predicted octanol–water partition coefficient (Wildman–Crippen LogP) is 4.87. The highest BCUT2D eigenvalue weighted by Crippen LogP contribution is 2.41. The smallest absolute Gasteiger partial charge is 0.408 e. The molecule has 0 unspecified atom stereocenters. The number of benzene rings is 1. The molecule has 3 rings (SSSR count). The minimum Gasteiger partial charge on any atom is -0.476 e. The van der Waals surface area contributed by atoms with Crippen molar-refractivity contribution in [3.05, 3.63) is 46.7 Å². The first kappa shape index (κ1) is 23.7. The van der Waals surface area contributed by atoms with Crippen LogP contribution in [0.4, 0.5) is 19.3 Å². The van der Waals surface area contributed by atoms with E-state index in [1.807, 2.05) is 0 Å². The fourth-order valence-corrected chi connectivity index (χ4v) is 3.97. The van der Waals surface area contributed by atoms with Gasteiger partial charge in [0.1, 0.15) is 17.2 Å². The number of carboxylic acid groups (broad SMARTS) is 1. The Morgan fingerprint density at radius 1 is 1.25 bits per heavy atom. The Morgan fingerprint density at radius 3 is 2.44 bits per heavy atom. The van der Waals surface area contributed by atoms with E-state index in [1.54, 1.807) is 32.6 Å². The lowest BCUT2D eigenvalue weighted by Crippen LogP contribution is -2.49. The fraction of sp³-hybridized carbons (Fsp3) is 0.409. The minimum atomic E-state index is -1.32. The summed E-state index contributed by atoms with van der Waals surface area (Å²) < 4.78 is 33.2. The number of nitrogens with zero attached hydrogens (tertiary/aromatic N) is 2. The summed E-state index contributed by atoms with van der Waals surface area (Å²) >= 11 is 6.33. The molecule has 10 heteroatoms. The highest BCUT2D eigenvalue weighted by molar-refractivity contribution is 6.34. The molecule has 1 aliphatic heterocycles. The van der Waals surface area contributed by atoms with Crippen molar-refractivity contribution >= 4 is 29.4 Å². The van der Waals surface area contributed by atoms with Crippen LogP contribution < -0.4 is 10.2 Å². The molecule has 172 valence electrons. The molecular weight excluding hydrogens is 444 g/mol. The number of carboxylic acids is 1. The normalized spacial score (nSPS) is 18.5. The molecule has 1 amide bonds. The van der Waals surface area contributed by atoms with Gasteiger partial charge in [-0.25, -0.2) is 23.4 Å². The van der Waals surface area contributed by atoms with Crippen LogP contribution >= 0.6 is 11.6 Å². The third kappa shape index (κ3) is 5.27. The molecule has 0 bridgehead atoms. The first-order valence-corrected chi connectivity index (χ1v) is 10.3. The molecule has 1 aromatic heterocycles. The summed E-state index contributed by atoms with van der Waals surface area (Å²) in [7, 11) is 0. The van der Waals surface area contributed by atoms with E-state index in [0.29, 0.717) is 19.0 Å². The Hall–Kier alpha value is -2.94. The summed E-state index contributed by atoms with van der Waals surface area (Å²) in [4.78, 5) is 29.9. The summed E-state index contributed by atoms with van der Waals surface area (Å²) in [6.07, 6.45) is 1.01. The largest absolute Gasteiger partial charge is 0.476 e. The maximum absolute atomic E-state index is 13.9. The highest BCUT2D eigenvalue weighted by Gasteiger charge is 2.39. The van der Waals surface area contributed by atoms with E-state index in [4.69, 9.17) is 16.3 Å². The molecule has 1 aromatic carbocycles. The monoisotopic (exact) mass is 467 g/mol. The molecule has 1 atom stereocenters. The van der Waals surface area contributed by atoms with Gasteiger partial charge in [-0.2, -0.15) is 0 Å². The van der Waals surface area contributed by atoms with Crippen LogP contribution in [0, 0.1) is 11.6 Å². The lowest BCUT2D eigenvalue weighted by atomic mass is 10.0. The van der Waals surface area contributed by atoms with Crippen LogP contribution in [0.5, 0.6) is 0 Å². The minimum absolute atomic E-state index is 0.0451. The van der Waals surface area contributed by atoms with E-state index < -0.39 is 34.8 Å². The first-order valence-electron chi connectivity index (χ1n) is 9.92. The van der Waals surface area contributed by atoms with Crippen molar-refractivity contribution < 1.29 is 28.2 Å². The zero-order valence-corrected chi connectivity index (χ0v) is 18.9. The SMILES string of the molecule is CC(C)(C)OC(=O)N[C@@]1(C)CCN(c2c(C(=O)O)ncc(Cl)c2-c2cc(F)cc(F)c2)C1. The Bertz CT molecular complexity index is 1050. The number of aromatic carboxylic acids is 1. The van der Waals surface area contributed by atoms with Crippen molar-refractivity contribution in [3.8, 4) is 11.1 Å². The molecule has 2 aromatic rings. The molecule has 2 N–H and O–H groups in total. The Morgan fingerprint density at radius 2 is 1.88 bits per heavy atom. The van der Waals surface area contributed by atoms with Gasteiger partial charge in [0.25, 0.3) is 0 Å². The fourth-order valence-electron chi connectivity index (χ4n) is 3.72. The number of nitrogens with one attached hydrogen (secondary N) is 1. The third-order valence-corrected chi connectivity index (χ3v) is 5.24. The highest BCUT2D eigenvalue weighted by atomic mass is 35.5. The number of rotatable bonds is 4. The summed E-state index contributed by atoms with van der Waals surface area (Å²) in [5.41, 5.74) is -1.37. The first-order chi connectivity index (χ1) is 14.8. The zero-order chi connectivity index (χ0) is 23.8. The van der Waals surface area contributed by atoms with E-state index in [-0.39, 0.29) is 34.1 Å². The second-order valence-electron chi connectivity index (χ2n) is 9.00. The van der Waals surface area contributed by atoms with Crippen molar-refractivity contribution in [3.63, 3.8) is 0 Å². The molecule has 32 heavy (non-hydrogen) atoms. The van der Waals surface area contributed by atoms with Gasteiger partial charge in [0, 0.05) is 30.9 Å². The lowest BCUT2D eigenvalue weighted by Gasteiger charge is -2.30. The number of aromatic nitrogens is 1. The standard InChI is InChI=1S/C22H24ClF2N3O4/c1-21(2,3)32-20(31)27-22(4)5-6-28(11-22)18-16(12-7-13(24)9-14(25)8-12)15(23)10-26-17(18)19(29)30/h7-10H,5-6,11H2,1-4H3,(H,27,31)(H,29,30)/t22-/m0/s1. The number of pyridine rings is 1. The van der Waals surface area contributed by atoms with Crippen LogP contribution in [0.15, 0.2) is 24.4 Å². The molecular formula is C22H24ClF2N3O4. The van der Waals surface area contributed by atoms with Gasteiger partial charge < -0.3 is 20.1 Å². The van der Waals surface area contributed by atoms with Gasteiger partial charge in [-0.05, 0) is 51.8 Å². The average Bonchev–Trinajstić information content (AvgIpc) is 2.99. The molecule has 2 heterocycles. The van der Waals surface area contributed by atoms with Crippen molar-refractivity contribution in [1.29, 1.82) is 0 Å². The summed E-state index contributed by atoms with van der Waals surface area (Å²) in [6.45, 7) is 7.60. The molecule has 1 saturated heterocycles. The van der Waals surface area contributed by atoms with Crippen LogP contribution in [0.3, 0.4) is 0 Å². The van der Waals surface area contributed by atoms with Crippen LogP contribution in [0.25, 0.3) is 11.1 Å². The van der Waals surface area contributed by atoms with E-state index >= 15 is 0 Å². The molecule has 0 radical (unpaired) electrons. The van der Waals surface area contributed by atoms with Gasteiger partial charge in [0.2, 0.25) is 0 Å². The van der Waals surface area contributed by atoms with Gasteiger partial charge >= 0.3 is 12.1 Å². The van der Waals surface area contributed by atoms with E-state index in [1.165, 1.54) is 0 Å². The van der Waals surface area contributed by atoms with Crippen LogP contribution in [0.2, 0.25) is 5.02 Å². The predicted molar refractivity (Wildman–Crippen MR) is 116 cm³/mol. The Labute approximate surface area is 189 Å². The second kappa shape index (κ2) is 8.54. The summed E-state index contributed by atoms with van der Waals surface area (Å²) in [5, 5.41) is 12.6.